The number of hydrogen-bond acceptors (Lipinski definition) is 6. The standard InChI is InChI=1S/C20H23Cl2N3O2S2.ClH/c1-4-24(5-2)10-11-25(19(26)13-12-16(21)29-18(13)22)20-23-17-14(27-6-3)8-7-9-15(17)28-20;/h7-9,12H,4-6,10-11H2,1-3H3;1H. The summed E-state index contributed by atoms with van der Waals surface area (Å²) in [4.78, 5) is 22.1. The number of fused-ring (bicyclic) bond motifs is 1. The Balaban J connectivity index is 0.00000320. The number of aromatic nitrogens is 1. The summed E-state index contributed by atoms with van der Waals surface area (Å²) in [6.45, 7) is 9.79. The zero-order valence-electron chi connectivity index (χ0n) is 17.0. The number of amides is 1. The van der Waals surface area contributed by atoms with Crippen LogP contribution in [0.15, 0.2) is 24.3 Å². The van der Waals surface area contributed by atoms with Gasteiger partial charge in [0.2, 0.25) is 0 Å². The number of anilines is 1. The molecule has 3 rings (SSSR count). The quantitative estimate of drug-likeness (QED) is 0.332. The fourth-order valence-corrected chi connectivity index (χ4v) is 5.45. The molecule has 3 aromatic rings. The molecule has 5 nitrogen and oxygen atoms in total. The molecule has 10 heteroatoms. The Morgan fingerprint density at radius 1 is 1.13 bits per heavy atom. The molecule has 0 N–H and O–H groups in total. The number of hydrogen-bond donors (Lipinski definition) is 0. The summed E-state index contributed by atoms with van der Waals surface area (Å²) in [5.74, 6) is 0.530. The van der Waals surface area contributed by atoms with E-state index in [9.17, 15) is 4.79 Å². The summed E-state index contributed by atoms with van der Waals surface area (Å²) < 4.78 is 7.56. The fourth-order valence-electron chi connectivity index (χ4n) is 3.00. The third kappa shape index (κ3) is 5.58. The smallest absolute Gasteiger partial charge is 0.262 e. The molecule has 0 radical (unpaired) electrons. The van der Waals surface area contributed by atoms with Gasteiger partial charge in [-0.25, -0.2) is 4.98 Å². The van der Waals surface area contributed by atoms with E-state index in [0.717, 1.165) is 35.6 Å². The van der Waals surface area contributed by atoms with Crippen molar-refractivity contribution in [2.45, 2.75) is 20.8 Å². The molecule has 0 fully saturated rings. The molecule has 0 spiro atoms. The summed E-state index contributed by atoms with van der Waals surface area (Å²) in [5.41, 5.74) is 1.18. The minimum Gasteiger partial charge on any atom is -0.492 e. The average molecular weight is 509 g/mol. The average Bonchev–Trinajstić information content (AvgIpc) is 3.28. The van der Waals surface area contributed by atoms with E-state index in [0.29, 0.717) is 32.5 Å². The van der Waals surface area contributed by atoms with E-state index in [2.05, 4.69) is 18.7 Å². The third-order valence-electron chi connectivity index (χ3n) is 4.57. The molecule has 0 aliphatic heterocycles. The van der Waals surface area contributed by atoms with Crippen LogP contribution in [0.3, 0.4) is 0 Å². The van der Waals surface area contributed by atoms with Crippen LogP contribution in [0.2, 0.25) is 8.67 Å². The Morgan fingerprint density at radius 3 is 2.47 bits per heavy atom. The molecule has 30 heavy (non-hydrogen) atoms. The van der Waals surface area contributed by atoms with Crippen LogP contribution in [0, 0.1) is 0 Å². The van der Waals surface area contributed by atoms with Gasteiger partial charge in [0.15, 0.2) is 5.13 Å². The van der Waals surface area contributed by atoms with Crippen molar-refractivity contribution in [2.75, 3.05) is 37.7 Å². The van der Waals surface area contributed by atoms with Crippen LogP contribution >= 0.6 is 58.3 Å². The third-order valence-corrected chi connectivity index (χ3v) is 7.10. The molecular weight excluding hydrogens is 485 g/mol. The molecule has 0 saturated carbocycles. The number of likely N-dealkylation sites (N-methyl/N-ethyl adjacent to an activating group) is 1. The van der Waals surface area contributed by atoms with Crippen LogP contribution in [-0.2, 0) is 0 Å². The van der Waals surface area contributed by atoms with E-state index < -0.39 is 0 Å². The maximum Gasteiger partial charge on any atom is 0.262 e. The van der Waals surface area contributed by atoms with Crippen LogP contribution in [0.25, 0.3) is 10.2 Å². The van der Waals surface area contributed by atoms with Crippen molar-refractivity contribution < 1.29 is 9.53 Å². The van der Waals surface area contributed by atoms with Crippen molar-refractivity contribution in [3.05, 3.63) is 38.5 Å². The van der Waals surface area contributed by atoms with Crippen molar-refractivity contribution in [3.63, 3.8) is 0 Å². The van der Waals surface area contributed by atoms with E-state index in [1.807, 2.05) is 25.1 Å². The Kier molecular flexibility index (Phi) is 9.66. The minimum absolute atomic E-state index is 0. The summed E-state index contributed by atoms with van der Waals surface area (Å²) >= 11 is 15.0. The lowest BCUT2D eigenvalue weighted by molar-refractivity contribution is 0.0984. The van der Waals surface area contributed by atoms with Gasteiger partial charge in [0.25, 0.3) is 5.91 Å². The Morgan fingerprint density at radius 2 is 1.87 bits per heavy atom. The first-order valence-electron chi connectivity index (χ1n) is 9.49. The summed E-state index contributed by atoms with van der Waals surface area (Å²) in [6.07, 6.45) is 0. The maximum atomic E-state index is 13.4. The van der Waals surface area contributed by atoms with Crippen LogP contribution < -0.4 is 9.64 Å². The van der Waals surface area contributed by atoms with Gasteiger partial charge in [-0.3, -0.25) is 9.69 Å². The lowest BCUT2D eigenvalue weighted by Gasteiger charge is -2.24. The number of ether oxygens (including phenoxy) is 1. The highest BCUT2D eigenvalue weighted by Crippen LogP contribution is 2.37. The van der Waals surface area contributed by atoms with Gasteiger partial charge in [-0.15, -0.1) is 23.7 Å². The molecule has 1 aromatic carbocycles. The van der Waals surface area contributed by atoms with Crippen LogP contribution in [0.1, 0.15) is 31.1 Å². The van der Waals surface area contributed by atoms with E-state index in [1.165, 1.54) is 22.7 Å². The number of thiazole rings is 1. The number of benzene rings is 1. The maximum absolute atomic E-state index is 13.4. The number of halogens is 3. The van der Waals surface area contributed by atoms with Gasteiger partial charge in [-0.1, -0.05) is 54.5 Å². The normalized spacial score (nSPS) is 11.0. The largest absolute Gasteiger partial charge is 0.492 e. The molecule has 2 heterocycles. The topological polar surface area (TPSA) is 45.7 Å². The molecule has 0 atom stereocenters. The van der Waals surface area contributed by atoms with Gasteiger partial charge in [-0.05, 0) is 38.2 Å². The Labute approximate surface area is 201 Å². The highest BCUT2D eigenvalue weighted by Gasteiger charge is 2.25. The van der Waals surface area contributed by atoms with Gasteiger partial charge in [0.1, 0.15) is 15.6 Å². The Hall–Kier alpha value is -1.09. The second kappa shape index (κ2) is 11.5. The first-order chi connectivity index (χ1) is 14.0. The number of carbonyl (C=O) groups excluding carboxylic acids is 1. The second-order valence-corrected chi connectivity index (χ2v) is 9.55. The molecule has 0 bridgehead atoms. The van der Waals surface area contributed by atoms with E-state index in [1.54, 1.807) is 11.0 Å². The van der Waals surface area contributed by atoms with Gasteiger partial charge in [0, 0.05) is 13.1 Å². The summed E-state index contributed by atoms with van der Waals surface area (Å²) in [5, 5.41) is 0.627. The molecular formula is C20H24Cl3N3O2S2. The first-order valence-corrected chi connectivity index (χ1v) is 11.9. The lowest BCUT2D eigenvalue weighted by atomic mass is 10.3. The molecule has 0 unspecified atom stereocenters. The fraction of sp³-hybridized carbons (Fsp3) is 0.400. The van der Waals surface area contributed by atoms with Crippen molar-refractivity contribution in [3.8, 4) is 5.75 Å². The number of thiophene rings is 1. The van der Waals surface area contributed by atoms with Crippen LogP contribution in [0.4, 0.5) is 5.13 Å². The number of rotatable bonds is 9. The zero-order valence-corrected chi connectivity index (χ0v) is 20.9. The summed E-state index contributed by atoms with van der Waals surface area (Å²) in [6, 6.07) is 7.44. The van der Waals surface area contributed by atoms with Gasteiger partial charge >= 0.3 is 0 Å². The van der Waals surface area contributed by atoms with Gasteiger partial charge in [-0.2, -0.15) is 0 Å². The molecule has 0 saturated heterocycles. The number of carbonyl (C=O) groups is 1. The SMILES string of the molecule is CCOc1cccc2sc(N(CCN(CC)CC)C(=O)c3cc(Cl)sc3Cl)nc12.Cl. The van der Waals surface area contributed by atoms with Gasteiger partial charge < -0.3 is 9.64 Å². The van der Waals surface area contributed by atoms with E-state index in [-0.39, 0.29) is 18.3 Å². The lowest BCUT2D eigenvalue weighted by Crippen LogP contribution is -2.38. The van der Waals surface area contributed by atoms with Gasteiger partial charge in [0.05, 0.1) is 21.2 Å². The van der Waals surface area contributed by atoms with E-state index in [4.69, 9.17) is 32.9 Å². The minimum atomic E-state index is -0.192. The summed E-state index contributed by atoms with van der Waals surface area (Å²) in [7, 11) is 0. The number of nitrogens with zero attached hydrogens (tertiary/aromatic N) is 3. The molecule has 164 valence electrons. The van der Waals surface area contributed by atoms with Crippen LogP contribution in [-0.4, -0.2) is 48.6 Å². The molecule has 1 amide bonds. The van der Waals surface area contributed by atoms with Crippen molar-refractivity contribution in [2.24, 2.45) is 0 Å². The predicted molar refractivity (Wildman–Crippen MR) is 132 cm³/mol. The van der Waals surface area contributed by atoms with Crippen molar-refractivity contribution >= 4 is 79.5 Å². The molecule has 0 aliphatic rings. The Bertz CT molecular complexity index is 989. The monoisotopic (exact) mass is 507 g/mol. The van der Waals surface area contributed by atoms with Crippen molar-refractivity contribution in [1.29, 1.82) is 0 Å². The van der Waals surface area contributed by atoms with Crippen LogP contribution in [0.5, 0.6) is 5.75 Å². The molecule has 0 aliphatic carbocycles. The second-order valence-electron chi connectivity index (χ2n) is 6.25. The molecule has 2 aromatic heterocycles. The zero-order chi connectivity index (χ0) is 21.0. The first kappa shape index (κ1) is 25.2. The predicted octanol–water partition coefficient (Wildman–Crippen LogP) is 6.47. The highest BCUT2D eigenvalue weighted by atomic mass is 35.5. The highest BCUT2D eigenvalue weighted by molar-refractivity contribution is 7.22. The van der Waals surface area contributed by atoms with E-state index >= 15 is 0 Å². The number of para-hydroxylation sites is 1. The van der Waals surface area contributed by atoms with Crippen molar-refractivity contribution in [1.82, 2.24) is 9.88 Å².